The molecule has 3 aromatic rings. The van der Waals surface area contributed by atoms with Gasteiger partial charge in [-0.2, -0.15) is 0 Å². The molecule has 0 bridgehead atoms. The molecular weight excluding hydrogens is 379 g/mol. The standard InChI is InChI=1S/C21H17FN2O3S/c22-16-4-1-3-15(9-16)12-28-21-17(5-2-8-23-21)20(25)24-11-14-6-7-18-19(10-14)27-13-26-18/h1-10H,11-13H2,(H,24,25). The quantitative estimate of drug-likeness (QED) is 0.634. The summed E-state index contributed by atoms with van der Waals surface area (Å²) in [5.74, 6) is 1.42. The largest absolute Gasteiger partial charge is 0.454 e. The van der Waals surface area contributed by atoms with Crippen LogP contribution < -0.4 is 14.8 Å². The number of amides is 1. The summed E-state index contributed by atoms with van der Waals surface area (Å²) in [6, 6.07) is 15.4. The third-order valence-corrected chi connectivity index (χ3v) is 5.25. The number of fused-ring (bicyclic) bond motifs is 1. The summed E-state index contributed by atoms with van der Waals surface area (Å²) in [5.41, 5.74) is 2.24. The maximum Gasteiger partial charge on any atom is 0.254 e. The van der Waals surface area contributed by atoms with Gasteiger partial charge in [-0.05, 0) is 47.5 Å². The van der Waals surface area contributed by atoms with Gasteiger partial charge in [0, 0.05) is 18.5 Å². The monoisotopic (exact) mass is 396 g/mol. The van der Waals surface area contributed by atoms with Gasteiger partial charge in [-0.3, -0.25) is 4.79 Å². The van der Waals surface area contributed by atoms with Crippen molar-refractivity contribution in [1.82, 2.24) is 10.3 Å². The summed E-state index contributed by atoms with van der Waals surface area (Å²) < 4.78 is 24.0. The van der Waals surface area contributed by atoms with E-state index >= 15 is 0 Å². The van der Waals surface area contributed by atoms with Crippen LogP contribution in [0.5, 0.6) is 11.5 Å². The van der Waals surface area contributed by atoms with Crippen LogP contribution in [0, 0.1) is 5.82 Å². The third-order valence-electron chi connectivity index (χ3n) is 4.17. The van der Waals surface area contributed by atoms with Crippen molar-refractivity contribution in [2.45, 2.75) is 17.3 Å². The van der Waals surface area contributed by atoms with E-state index in [0.717, 1.165) is 11.1 Å². The zero-order chi connectivity index (χ0) is 19.3. The number of halogens is 1. The minimum Gasteiger partial charge on any atom is -0.454 e. The van der Waals surface area contributed by atoms with Crippen molar-refractivity contribution in [3.05, 3.63) is 83.3 Å². The van der Waals surface area contributed by atoms with Crippen LogP contribution in [-0.2, 0) is 12.3 Å². The molecule has 0 aliphatic carbocycles. The second kappa shape index (κ2) is 8.31. The van der Waals surface area contributed by atoms with E-state index in [1.807, 2.05) is 24.3 Å². The molecule has 0 radical (unpaired) electrons. The molecule has 7 heteroatoms. The first-order valence-corrected chi connectivity index (χ1v) is 9.66. The molecule has 1 aliphatic rings. The zero-order valence-corrected chi connectivity index (χ0v) is 15.7. The average Bonchev–Trinajstić information content (AvgIpc) is 3.18. The second-order valence-corrected chi connectivity index (χ2v) is 7.11. The second-order valence-electron chi connectivity index (χ2n) is 6.15. The van der Waals surface area contributed by atoms with Gasteiger partial charge in [0.05, 0.1) is 5.56 Å². The van der Waals surface area contributed by atoms with E-state index in [1.165, 1.54) is 23.9 Å². The highest BCUT2D eigenvalue weighted by atomic mass is 32.2. The Morgan fingerprint density at radius 3 is 2.86 bits per heavy atom. The number of carbonyl (C=O) groups excluding carboxylic acids is 1. The molecule has 4 rings (SSSR count). The van der Waals surface area contributed by atoms with Crippen LogP contribution in [0.4, 0.5) is 4.39 Å². The summed E-state index contributed by atoms with van der Waals surface area (Å²) in [7, 11) is 0. The first kappa shape index (κ1) is 18.3. The highest BCUT2D eigenvalue weighted by Gasteiger charge is 2.15. The molecule has 1 aliphatic heterocycles. The van der Waals surface area contributed by atoms with Crippen LogP contribution in [0.15, 0.2) is 65.8 Å². The topological polar surface area (TPSA) is 60.5 Å². The minimum atomic E-state index is -0.277. The Hall–Kier alpha value is -3.06. The van der Waals surface area contributed by atoms with Crippen molar-refractivity contribution in [2.24, 2.45) is 0 Å². The highest BCUT2D eigenvalue weighted by Crippen LogP contribution is 2.32. The van der Waals surface area contributed by atoms with Gasteiger partial charge in [0.15, 0.2) is 11.5 Å². The lowest BCUT2D eigenvalue weighted by molar-refractivity contribution is 0.0947. The number of nitrogens with one attached hydrogen (secondary N) is 1. The SMILES string of the molecule is O=C(NCc1ccc2c(c1)OCO2)c1cccnc1SCc1cccc(F)c1. The molecule has 142 valence electrons. The zero-order valence-electron chi connectivity index (χ0n) is 14.9. The van der Waals surface area contributed by atoms with Crippen LogP contribution in [0.25, 0.3) is 0 Å². The fourth-order valence-corrected chi connectivity index (χ4v) is 3.72. The van der Waals surface area contributed by atoms with Gasteiger partial charge < -0.3 is 14.8 Å². The first-order chi connectivity index (χ1) is 13.7. The number of aromatic nitrogens is 1. The fourth-order valence-electron chi connectivity index (χ4n) is 2.79. The van der Waals surface area contributed by atoms with Crippen LogP contribution in [-0.4, -0.2) is 17.7 Å². The van der Waals surface area contributed by atoms with Gasteiger partial charge in [0.25, 0.3) is 5.91 Å². The number of ether oxygens (including phenoxy) is 2. The summed E-state index contributed by atoms with van der Waals surface area (Å²) in [6.07, 6.45) is 1.64. The minimum absolute atomic E-state index is 0.215. The Morgan fingerprint density at radius 1 is 1.07 bits per heavy atom. The van der Waals surface area contributed by atoms with Gasteiger partial charge >= 0.3 is 0 Å². The number of hydrogen-bond donors (Lipinski definition) is 1. The predicted octanol–water partition coefficient (Wildman–Crippen LogP) is 4.17. The number of benzene rings is 2. The molecule has 28 heavy (non-hydrogen) atoms. The Kier molecular flexibility index (Phi) is 5.43. The molecule has 0 saturated heterocycles. The average molecular weight is 396 g/mol. The molecule has 2 aromatic carbocycles. The number of pyridine rings is 1. The van der Waals surface area contributed by atoms with Gasteiger partial charge in [0.2, 0.25) is 6.79 Å². The molecule has 0 saturated carbocycles. The van der Waals surface area contributed by atoms with Crippen molar-refractivity contribution in [3.63, 3.8) is 0 Å². The molecule has 1 aromatic heterocycles. The van der Waals surface area contributed by atoms with Crippen molar-refractivity contribution in [1.29, 1.82) is 0 Å². The molecule has 0 unspecified atom stereocenters. The predicted molar refractivity (Wildman–Crippen MR) is 104 cm³/mol. The van der Waals surface area contributed by atoms with E-state index in [2.05, 4.69) is 10.3 Å². The summed E-state index contributed by atoms with van der Waals surface area (Å²) in [5, 5.41) is 3.51. The summed E-state index contributed by atoms with van der Waals surface area (Å²) in [4.78, 5) is 17.0. The number of nitrogens with zero attached hydrogens (tertiary/aromatic N) is 1. The van der Waals surface area contributed by atoms with E-state index < -0.39 is 0 Å². The smallest absolute Gasteiger partial charge is 0.254 e. The van der Waals surface area contributed by atoms with E-state index in [1.54, 1.807) is 24.4 Å². The summed E-state index contributed by atoms with van der Waals surface area (Å²) >= 11 is 1.40. The number of carbonyl (C=O) groups is 1. The first-order valence-electron chi connectivity index (χ1n) is 8.68. The van der Waals surface area contributed by atoms with E-state index in [4.69, 9.17) is 9.47 Å². The highest BCUT2D eigenvalue weighted by molar-refractivity contribution is 7.98. The molecule has 5 nitrogen and oxygen atoms in total. The maximum absolute atomic E-state index is 13.3. The van der Waals surface area contributed by atoms with Crippen LogP contribution in [0.2, 0.25) is 0 Å². The lowest BCUT2D eigenvalue weighted by Gasteiger charge is -2.10. The number of thioether (sulfide) groups is 1. The van der Waals surface area contributed by atoms with Gasteiger partial charge in [-0.25, -0.2) is 9.37 Å². The molecular formula is C21H17FN2O3S. The van der Waals surface area contributed by atoms with Crippen LogP contribution in [0.3, 0.4) is 0 Å². The maximum atomic E-state index is 13.3. The Labute approximate surface area is 165 Å². The van der Waals surface area contributed by atoms with Crippen molar-refractivity contribution in [2.75, 3.05) is 6.79 Å². The molecule has 0 atom stereocenters. The number of hydrogen-bond acceptors (Lipinski definition) is 5. The van der Waals surface area contributed by atoms with E-state index in [0.29, 0.717) is 34.4 Å². The molecule has 2 heterocycles. The lowest BCUT2D eigenvalue weighted by Crippen LogP contribution is -2.23. The van der Waals surface area contributed by atoms with Gasteiger partial charge in [0.1, 0.15) is 10.8 Å². The van der Waals surface area contributed by atoms with Crippen molar-refractivity contribution in [3.8, 4) is 11.5 Å². The lowest BCUT2D eigenvalue weighted by atomic mass is 10.2. The van der Waals surface area contributed by atoms with E-state index in [9.17, 15) is 9.18 Å². The number of rotatable bonds is 6. The van der Waals surface area contributed by atoms with E-state index in [-0.39, 0.29) is 18.5 Å². The van der Waals surface area contributed by atoms with Gasteiger partial charge in [-0.1, -0.05) is 18.2 Å². The normalized spacial score (nSPS) is 12.0. The summed E-state index contributed by atoms with van der Waals surface area (Å²) in [6.45, 7) is 0.575. The molecule has 1 N–H and O–H groups in total. The Balaban J connectivity index is 1.41. The molecule has 0 fully saturated rings. The van der Waals surface area contributed by atoms with Crippen LogP contribution >= 0.6 is 11.8 Å². The molecule has 0 spiro atoms. The van der Waals surface area contributed by atoms with Gasteiger partial charge in [-0.15, -0.1) is 11.8 Å². The third kappa shape index (κ3) is 4.26. The van der Waals surface area contributed by atoms with Crippen molar-refractivity contribution < 1.29 is 18.7 Å². The fraction of sp³-hybridized carbons (Fsp3) is 0.143. The van der Waals surface area contributed by atoms with Crippen LogP contribution in [0.1, 0.15) is 21.5 Å². The van der Waals surface area contributed by atoms with Crippen molar-refractivity contribution >= 4 is 17.7 Å². The molecule has 1 amide bonds. The Bertz CT molecular complexity index is 1010. The Morgan fingerprint density at radius 2 is 1.96 bits per heavy atom.